The summed E-state index contributed by atoms with van der Waals surface area (Å²) < 4.78 is 32.4. The highest BCUT2D eigenvalue weighted by molar-refractivity contribution is 7.89. The number of piperidine rings is 1. The summed E-state index contributed by atoms with van der Waals surface area (Å²) in [4.78, 5) is 27.2. The van der Waals surface area contributed by atoms with Crippen LogP contribution < -0.4 is 0 Å². The van der Waals surface area contributed by atoms with E-state index in [1.165, 1.54) is 16.4 Å². The maximum Gasteiger partial charge on any atom is 0.253 e. The Balaban J connectivity index is 1.21. The molecular weight excluding hydrogens is 432 g/mol. The molecule has 0 aliphatic carbocycles. The molecule has 0 bridgehead atoms. The highest BCUT2D eigenvalue weighted by Gasteiger charge is 2.36. The molecule has 1 aromatic carbocycles. The van der Waals surface area contributed by atoms with E-state index in [0.717, 1.165) is 19.3 Å². The number of likely N-dealkylation sites (tertiary alicyclic amines) is 1. The van der Waals surface area contributed by atoms with Gasteiger partial charge in [0.25, 0.3) is 5.91 Å². The van der Waals surface area contributed by atoms with E-state index in [-0.39, 0.29) is 16.7 Å². The smallest absolute Gasteiger partial charge is 0.253 e. The Morgan fingerprint density at radius 1 is 0.969 bits per heavy atom. The predicted octanol–water partition coefficient (Wildman–Crippen LogP) is 1.94. The van der Waals surface area contributed by atoms with Gasteiger partial charge in [-0.1, -0.05) is 11.6 Å². The van der Waals surface area contributed by atoms with Gasteiger partial charge in [0.1, 0.15) is 0 Å². The van der Waals surface area contributed by atoms with Crippen LogP contribution in [0.2, 0.25) is 0 Å². The maximum absolute atomic E-state index is 12.8. The monoisotopic (exact) mass is 454 g/mol. The molecule has 2 aromatic heterocycles. The molecule has 166 valence electrons. The lowest BCUT2D eigenvalue weighted by molar-refractivity contribution is 0.0569. The van der Waals surface area contributed by atoms with Gasteiger partial charge in [-0.25, -0.2) is 18.4 Å². The van der Waals surface area contributed by atoms with Gasteiger partial charge in [-0.05, 0) is 43.2 Å². The molecule has 11 heteroatoms. The summed E-state index contributed by atoms with van der Waals surface area (Å²) in [5.74, 6) is 0.932. The van der Waals surface area contributed by atoms with Crippen LogP contribution in [0.25, 0.3) is 11.6 Å². The topological polar surface area (TPSA) is 122 Å². The van der Waals surface area contributed by atoms with Gasteiger partial charge in [0.15, 0.2) is 0 Å². The van der Waals surface area contributed by atoms with Crippen LogP contribution >= 0.6 is 0 Å². The van der Waals surface area contributed by atoms with Crippen molar-refractivity contribution in [1.82, 2.24) is 29.3 Å². The van der Waals surface area contributed by atoms with Gasteiger partial charge in [0.05, 0.1) is 10.8 Å². The first-order valence-electron chi connectivity index (χ1n) is 10.5. The Morgan fingerprint density at radius 2 is 1.66 bits per heavy atom. The zero-order valence-corrected chi connectivity index (χ0v) is 18.1. The van der Waals surface area contributed by atoms with Gasteiger partial charge in [-0.3, -0.25) is 4.79 Å². The van der Waals surface area contributed by atoms with Crippen LogP contribution in [0.1, 0.15) is 41.4 Å². The summed E-state index contributed by atoms with van der Waals surface area (Å²) in [6, 6.07) is 7.88. The van der Waals surface area contributed by atoms with Crippen molar-refractivity contribution in [2.75, 3.05) is 26.2 Å². The Bertz CT molecular complexity index is 1200. The summed E-state index contributed by atoms with van der Waals surface area (Å²) >= 11 is 0. The van der Waals surface area contributed by atoms with Crippen molar-refractivity contribution in [3.05, 3.63) is 54.2 Å². The zero-order chi connectivity index (χ0) is 22.1. The van der Waals surface area contributed by atoms with E-state index in [1.807, 2.05) is 0 Å². The molecular formula is C21H22N6O4S. The Labute approximate surface area is 185 Å². The molecule has 10 nitrogen and oxygen atoms in total. The minimum atomic E-state index is -3.51. The van der Waals surface area contributed by atoms with Crippen molar-refractivity contribution >= 4 is 15.9 Å². The molecule has 5 rings (SSSR count). The van der Waals surface area contributed by atoms with Gasteiger partial charge in [-0.15, -0.1) is 0 Å². The zero-order valence-electron chi connectivity index (χ0n) is 17.3. The third-order valence-electron chi connectivity index (χ3n) is 5.78. The van der Waals surface area contributed by atoms with E-state index in [9.17, 15) is 13.2 Å². The van der Waals surface area contributed by atoms with Crippen LogP contribution in [0.4, 0.5) is 0 Å². The van der Waals surface area contributed by atoms with Crippen LogP contribution in [0.3, 0.4) is 0 Å². The second-order valence-electron chi connectivity index (χ2n) is 7.92. The Hall–Kier alpha value is -3.18. The summed E-state index contributed by atoms with van der Waals surface area (Å²) in [6.45, 7) is 1.99. The van der Waals surface area contributed by atoms with Crippen molar-refractivity contribution in [2.45, 2.75) is 30.1 Å². The second-order valence-corrected chi connectivity index (χ2v) is 9.86. The highest BCUT2D eigenvalue weighted by Crippen LogP contribution is 2.29. The van der Waals surface area contributed by atoms with Crippen molar-refractivity contribution < 1.29 is 17.7 Å². The SMILES string of the molecule is O=C(c1ccc(S(=O)(=O)N2CCCCC2)cc1)N1CC(c2nc(-c3ncccn3)no2)C1. The highest BCUT2D eigenvalue weighted by atomic mass is 32.2. The summed E-state index contributed by atoms with van der Waals surface area (Å²) in [6.07, 6.45) is 6.02. The molecule has 0 atom stereocenters. The summed E-state index contributed by atoms with van der Waals surface area (Å²) in [5, 5.41) is 3.91. The minimum absolute atomic E-state index is 0.0531. The normalized spacial score (nSPS) is 17.8. The number of nitrogens with zero attached hydrogens (tertiary/aromatic N) is 6. The lowest BCUT2D eigenvalue weighted by atomic mass is 9.99. The number of carbonyl (C=O) groups is 1. The molecule has 4 heterocycles. The molecule has 2 aliphatic rings. The summed E-state index contributed by atoms with van der Waals surface area (Å²) in [7, 11) is -3.51. The van der Waals surface area contributed by atoms with Crippen molar-refractivity contribution in [2.24, 2.45) is 0 Å². The first-order valence-corrected chi connectivity index (χ1v) is 12.0. The number of benzene rings is 1. The second kappa shape index (κ2) is 8.40. The molecule has 0 unspecified atom stereocenters. The van der Waals surface area contributed by atoms with E-state index in [1.54, 1.807) is 35.5 Å². The van der Waals surface area contributed by atoms with E-state index >= 15 is 0 Å². The van der Waals surface area contributed by atoms with E-state index in [0.29, 0.717) is 49.3 Å². The molecule has 32 heavy (non-hydrogen) atoms. The largest absolute Gasteiger partial charge is 0.338 e. The first kappa shape index (κ1) is 20.7. The molecule has 0 radical (unpaired) electrons. The Morgan fingerprint density at radius 3 is 2.34 bits per heavy atom. The minimum Gasteiger partial charge on any atom is -0.338 e. The number of amides is 1. The standard InChI is InChI=1S/C21H22N6O4S/c28-21(15-5-7-17(8-6-15)32(29,30)27-11-2-1-3-12-27)26-13-16(14-26)20-24-19(25-31-20)18-22-9-4-10-23-18/h4-10,16H,1-3,11-14H2. The van der Waals surface area contributed by atoms with Crippen LogP contribution in [0.5, 0.6) is 0 Å². The summed E-state index contributed by atoms with van der Waals surface area (Å²) in [5.41, 5.74) is 0.449. The number of hydrogen-bond donors (Lipinski definition) is 0. The molecule has 0 saturated carbocycles. The first-order chi connectivity index (χ1) is 15.5. The van der Waals surface area contributed by atoms with E-state index < -0.39 is 10.0 Å². The molecule has 0 spiro atoms. The molecule has 2 saturated heterocycles. The van der Waals surface area contributed by atoms with Gasteiger partial charge in [-0.2, -0.15) is 9.29 Å². The third kappa shape index (κ3) is 3.89. The lowest BCUT2D eigenvalue weighted by Crippen LogP contribution is -2.48. The van der Waals surface area contributed by atoms with Gasteiger partial charge < -0.3 is 9.42 Å². The molecule has 2 aliphatic heterocycles. The van der Waals surface area contributed by atoms with Gasteiger partial charge in [0.2, 0.25) is 27.6 Å². The van der Waals surface area contributed by atoms with Crippen molar-refractivity contribution in [3.63, 3.8) is 0 Å². The van der Waals surface area contributed by atoms with Crippen LogP contribution in [0, 0.1) is 0 Å². The number of rotatable bonds is 5. The predicted molar refractivity (Wildman–Crippen MR) is 113 cm³/mol. The van der Waals surface area contributed by atoms with Crippen molar-refractivity contribution in [1.29, 1.82) is 0 Å². The number of sulfonamides is 1. The third-order valence-corrected chi connectivity index (χ3v) is 7.69. The number of carbonyl (C=O) groups excluding carboxylic acids is 1. The van der Waals surface area contributed by atoms with Crippen molar-refractivity contribution in [3.8, 4) is 11.6 Å². The molecule has 2 fully saturated rings. The number of aromatic nitrogens is 4. The average molecular weight is 455 g/mol. The fourth-order valence-corrected chi connectivity index (χ4v) is 5.43. The number of hydrogen-bond acceptors (Lipinski definition) is 8. The quantitative estimate of drug-likeness (QED) is 0.573. The van der Waals surface area contributed by atoms with Crippen LogP contribution in [-0.2, 0) is 10.0 Å². The molecule has 1 amide bonds. The van der Waals surface area contributed by atoms with Crippen LogP contribution in [-0.4, -0.2) is 69.8 Å². The van der Waals surface area contributed by atoms with Gasteiger partial charge in [0, 0.05) is 44.1 Å². The fraction of sp³-hybridized carbons (Fsp3) is 0.381. The van der Waals surface area contributed by atoms with Crippen LogP contribution in [0.15, 0.2) is 52.1 Å². The molecule has 3 aromatic rings. The maximum atomic E-state index is 12.8. The van der Waals surface area contributed by atoms with E-state index in [2.05, 4.69) is 20.1 Å². The molecule has 0 N–H and O–H groups in total. The average Bonchev–Trinajstić information content (AvgIpc) is 3.29. The lowest BCUT2D eigenvalue weighted by Gasteiger charge is -2.37. The fourth-order valence-electron chi connectivity index (χ4n) is 3.91. The Kier molecular flexibility index (Phi) is 5.43. The van der Waals surface area contributed by atoms with Gasteiger partial charge >= 0.3 is 0 Å². The van der Waals surface area contributed by atoms with E-state index in [4.69, 9.17) is 4.52 Å².